The number of anilines is 1. The highest BCUT2D eigenvalue weighted by Crippen LogP contribution is 2.43. The van der Waals surface area contributed by atoms with E-state index in [1.165, 1.54) is 28.4 Å². The van der Waals surface area contributed by atoms with E-state index in [4.69, 9.17) is 0 Å². The first kappa shape index (κ1) is 19.0. The number of amides is 1. The molecule has 6 heteroatoms. The van der Waals surface area contributed by atoms with Crippen molar-refractivity contribution < 1.29 is 19.8 Å². The Kier molecular flexibility index (Phi) is 4.72. The van der Waals surface area contributed by atoms with Gasteiger partial charge in [-0.1, -0.05) is 30.3 Å². The molecule has 2 aromatic carbocycles. The Bertz CT molecular complexity index is 1130. The van der Waals surface area contributed by atoms with E-state index in [1.807, 2.05) is 26.0 Å². The first-order valence-corrected chi connectivity index (χ1v) is 9.98. The molecule has 1 atom stereocenters. The highest BCUT2D eigenvalue weighted by Gasteiger charge is 2.45. The lowest BCUT2D eigenvalue weighted by Crippen LogP contribution is -2.31. The van der Waals surface area contributed by atoms with Gasteiger partial charge in [0.15, 0.2) is 5.76 Å². The summed E-state index contributed by atoms with van der Waals surface area (Å²) in [5.41, 5.74) is 3.19. The molecule has 0 saturated heterocycles. The smallest absolute Gasteiger partial charge is 0.294 e. The summed E-state index contributed by atoms with van der Waals surface area (Å²) in [6.07, 6.45) is 0. The van der Waals surface area contributed by atoms with Crippen molar-refractivity contribution >= 4 is 28.7 Å². The maximum absolute atomic E-state index is 13.2. The van der Waals surface area contributed by atoms with Crippen LogP contribution in [0.5, 0.6) is 5.75 Å². The predicted octanol–water partition coefficient (Wildman–Crippen LogP) is 4.85. The number of thiophene rings is 1. The Morgan fingerprint density at radius 1 is 1.00 bits per heavy atom. The summed E-state index contributed by atoms with van der Waals surface area (Å²) in [5, 5.41) is 22.2. The molecule has 5 nitrogen and oxygen atoms in total. The number of hydrogen-bond donors (Lipinski definition) is 2. The molecule has 1 aliphatic heterocycles. The van der Waals surface area contributed by atoms with Gasteiger partial charge >= 0.3 is 0 Å². The van der Waals surface area contributed by atoms with Crippen LogP contribution in [-0.2, 0) is 4.79 Å². The molecule has 1 unspecified atom stereocenters. The van der Waals surface area contributed by atoms with Gasteiger partial charge in [-0.25, -0.2) is 0 Å². The van der Waals surface area contributed by atoms with Gasteiger partial charge in [0.25, 0.3) is 5.91 Å². The molecule has 4 rings (SSSR count). The molecule has 1 amide bonds. The second-order valence-electron chi connectivity index (χ2n) is 6.96. The number of carbonyl (C=O) groups is 2. The number of phenolic OH excluding ortho intramolecular Hbond substituents is 1. The van der Waals surface area contributed by atoms with Gasteiger partial charge in [-0.05, 0) is 60.2 Å². The van der Waals surface area contributed by atoms with Gasteiger partial charge in [0.05, 0.1) is 16.5 Å². The number of aromatic hydroxyl groups is 1. The van der Waals surface area contributed by atoms with Crippen molar-refractivity contribution in [1.82, 2.24) is 0 Å². The maximum atomic E-state index is 13.2. The lowest BCUT2D eigenvalue weighted by molar-refractivity contribution is -0.117. The number of rotatable bonds is 4. The number of carbonyl (C=O) groups excluding carboxylic acids is 2. The summed E-state index contributed by atoms with van der Waals surface area (Å²) < 4.78 is 0. The molecule has 1 aliphatic rings. The van der Waals surface area contributed by atoms with Crippen molar-refractivity contribution in [3.63, 3.8) is 0 Å². The van der Waals surface area contributed by atoms with Crippen molar-refractivity contribution in [3.8, 4) is 5.75 Å². The summed E-state index contributed by atoms with van der Waals surface area (Å²) in [4.78, 5) is 28.2. The second-order valence-corrected chi connectivity index (χ2v) is 7.90. The summed E-state index contributed by atoms with van der Waals surface area (Å²) in [7, 11) is 0. The van der Waals surface area contributed by atoms with Gasteiger partial charge in [-0.15, -0.1) is 11.3 Å². The predicted molar refractivity (Wildman–Crippen MR) is 113 cm³/mol. The first-order valence-electron chi connectivity index (χ1n) is 9.10. The van der Waals surface area contributed by atoms with E-state index in [0.717, 1.165) is 11.1 Å². The minimum absolute atomic E-state index is 0.0454. The lowest BCUT2D eigenvalue weighted by atomic mass is 9.94. The standard InChI is InChI=1S/C23H19NO4S/c1-13-5-3-6-17(14(13)2)24-20(15-8-10-16(25)11-9-15)19(22(27)23(24)28)21(26)18-7-4-12-29-18/h3-12,20,25,27H,1-2H3. The van der Waals surface area contributed by atoms with E-state index in [-0.39, 0.29) is 17.1 Å². The van der Waals surface area contributed by atoms with Crippen LogP contribution in [0.1, 0.15) is 32.4 Å². The molecule has 146 valence electrons. The van der Waals surface area contributed by atoms with Gasteiger partial charge in [0, 0.05) is 5.69 Å². The average molecular weight is 405 g/mol. The molecule has 3 aromatic rings. The number of hydrogen-bond acceptors (Lipinski definition) is 5. The maximum Gasteiger partial charge on any atom is 0.294 e. The summed E-state index contributed by atoms with van der Waals surface area (Å²) in [6.45, 7) is 3.85. The van der Waals surface area contributed by atoms with Gasteiger partial charge in [-0.2, -0.15) is 0 Å². The fourth-order valence-corrected chi connectivity index (χ4v) is 4.27. The Balaban J connectivity index is 1.92. The van der Waals surface area contributed by atoms with Crippen LogP contribution in [-0.4, -0.2) is 21.9 Å². The summed E-state index contributed by atoms with van der Waals surface area (Å²) >= 11 is 1.26. The van der Waals surface area contributed by atoms with Crippen LogP contribution in [0.2, 0.25) is 0 Å². The van der Waals surface area contributed by atoms with Crippen LogP contribution in [0.4, 0.5) is 5.69 Å². The van der Waals surface area contributed by atoms with Gasteiger partial charge in [0.1, 0.15) is 5.75 Å². The quantitative estimate of drug-likeness (QED) is 0.608. The number of aliphatic hydroxyl groups is 1. The van der Waals surface area contributed by atoms with E-state index in [0.29, 0.717) is 16.1 Å². The second kappa shape index (κ2) is 7.22. The topological polar surface area (TPSA) is 77.8 Å². The Morgan fingerprint density at radius 3 is 2.38 bits per heavy atom. The summed E-state index contributed by atoms with van der Waals surface area (Å²) in [5.74, 6) is -1.45. The zero-order valence-electron chi connectivity index (χ0n) is 15.9. The zero-order valence-corrected chi connectivity index (χ0v) is 16.7. The normalized spacial score (nSPS) is 16.6. The largest absolute Gasteiger partial charge is 0.508 e. The van der Waals surface area contributed by atoms with E-state index in [2.05, 4.69) is 0 Å². The monoisotopic (exact) mass is 405 g/mol. The van der Waals surface area contributed by atoms with Crippen LogP contribution < -0.4 is 4.90 Å². The average Bonchev–Trinajstić information content (AvgIpc) is 3.33. The highest BCUT2D eigenvalue weighted by atomic mass is 32.1. The van der Waals surface area contributed by atoms with Gasteiger partial charge in [-0.3, -0.25) is 14.5 Å². The fourth-order valence-electron chi connectivity index (χ4n) is 3.59. The number of benzene rings is 2. The third kappa shape index (κ3) is 3.11. The van der Waals surface area contributed by atoms with Crippen molar-refractivity contribution in [2.75, 3.05) is 4.90 Å². The molecular weight excluding hydrogens is 386 g/mol. The molecule has 2 heterocycles. The number of phenols is 1. The van der Waals surface area contributed by atoms with Crippen molar-refractivity contribution in [2.45, 2.75) is 19.9 Å². The Hall–Kier alpha value is -3.38. The molecule has 0 aliphatic carbocycles. The lowest BCUT2D eigenvalue weighted by Gasteiger charge is -2.28. The minimum Gasteiger partial charge on any atom is -0.508 e. The van der Waals surface area contributed by atoms with Crippen molar-refractivity contribution in [3.05, 3.63) is 92.9 Å². The number of aliphatic hydroxyl groups excluding tert-OH is 1. The number of ketones is 1. The van der Waals surface area contributed by atoms with E-state index in [9.17, 15) is 19.8 Å². The molecule has 2 N–H and O–H groups in total. The first-order chi connectivity index (χ1) is 13.9. The molecule has 0 bridgehead atoms. The van der Waals surface area contributed by atoms with Crippen molar-refractivity contribution in [2.24, 2.45) is 0 Å². The van der Waals surface area contributed by atoms with Gasteiger partial charge in [0.2, 0.25) is 5.78 Å². The molecular formula is C23H19NO4S. The summed E-state index contributed by atoms with van der Waals surface area (Å²) in [6, 6.07) is 14.5. The number of nitrogens with zero attached hydrogens (tertiary/aromatic N) is 1. The van der Waals surface area contributed by atoms with Crippen LogP contribution in [0, 0.1) is 13.8 Å². The SMILES string of the molecule is Cc1cccc(N2C(=O)C(O)=C(C(=O)c3cccs3)C2c2ccc(O)cc2)c1C. The molecule has 0 fully saturated rings. The van der Waals surface area contributed by atoms with Gasteiger partial charge < -0.3 is 10.2 Å². The molecule has 29 heavy (non-hydrogen) atoms. The Morgan fingerprint density at radius 2 is 1.72 bits per heavy atom. The third-order valence-electron chi connectivity index (χ3n) is 5.24. The van der Waals surface area contributed by atoms with Crippen molar-refractivity contribution in [1.29, 1.82) is 0 Å². The van der Waals surface area contributed by atoms with Crippen LogP contribution >= 0.6 is 11.3 Å². The van der Waals surface area contributed by atoms with E-state index < -0.39 is 17.7 Å². The molecule has 0 spiro atoms. The van der Waals surface area contributed by atoms with Crippen LogP contribution in [0.3, 0.4) is 0 Å². The number of Topliss-reactive ketones (excluding diaryl/α,β-unsaturated/α-hetero) is 1. The molecule has 0 saturated carbocycles. The van der Waals surface area contributed by atoms with E-state index in [1.54, 1.807) is 35.7 Å². The van der Waals surface area contributed by atoms with Crippen LogP contribution in [0.15, 0.2) is 71.3 Å². The third-order valence-corrected chi connectivity index (χ3v) is 6.11. The number of aryl methyl sites for hydroxylation is 1. The highest BCUT2D eigenvalue weighted by molar-refractivity contribution is 7.12. The minimum atomic E-state index is -0.793. The molecule has 0 radical (unpaired) electrons. The van der Waals surface area contributed by atoms with Crippen LogP contribution in [0.25, 0.3) is 0 Å². The Labute approximate surface area is 172 Å². The molecule has 1 aromatic heterocycles. The fraction of sp³-hybridized carbons (Fsp3) is 0.130. The zero-order chi connectivity index (χ0) is 20.7. The van der Waals surface area contributed by atoms with E-state index >= 15 is 0 Å².